The number of rotatable bonds is 5. The van der Waals surface area contributed by atoms with Gasteiger partial charge >= 0.3 is 0 Å². The fourth-order valence-corrected chi connectivity index (χ4v) is 6.70. The number of carbonyl (C=O) groups is 1. The van der Waals surface area contributed by atoms with Gasteiger partial charge in [-0.05, 0) is 55.9 Å². The average Bonchev–Trinajstić information content (AvgIpc) is 3.31. The van der Waals surface area contributed by atoms with Crippen molar-refractivity contribution in [3.63, 3.8) is 0 Å². The normalized spacial score (nSPS) is 14.2. The van der Waals surface area contributed by atoms with E-state index in [0.29, 0.717) is 22.1 Å². The standard InChI is InChI=1S/C23H21BrN6OS2/c1-3-17(21(31)27-22-15(11-25)13-6-4-5-7-18(13)32-22)33-23-26-20-19(28-29-23)14-10-12(24)8-9-16(14)30(20)2/h8-10,17H,3-7H2,1-2H3,(H,27,31). The third-order valence-corrected chi connectivity index (χ3v) is 8.89. The SMILES string of the molecule is CCC(Sc1nnc2c3cc(Br)ccc3n(C)c2n1)C(=O)Nc1sc2c(c1C#N)CCCC2. The minimum absolute atomic E-state index is 0.137. The van der Waals surface area contributed by atoms with Crippen LogP contribution >= 0.6 is 39.0 Å². The van der Waals surface area contributed by atoms with E-state index in [1.165, 1.54) is 16.6 Å². The molecule has 10 heteroatoms. The van der Waals surface area contributed by atoms with Crippen molar-refractivity contribution in [2.45, 2.75) is 49.4 Å². The van der Waals surface area contributed by atoms with Crippen molar-refractivity contribution < 1.29 is 4.79 Å². The van der Waals surface area contributed by atoms with Crippen LogP contribution in [0.3, 0.4) is 0 Å². The van der Waals surface area contributed by atoms with Gasteiger partial charge in [0.1, 0.15) is 16.6 Å². The van der Waals surface area contributed by atoms with Gasteiger partial charge < -0.3 is 9.88 Å². The molecule has 1 aliphatic carbocycles. The molecule has 3 heterocycles. The second kappa shape index (κ2) is 9.05. The van der Waals surface area contributed by atoms with E-state index in [1.807, 2.05) is 36.7 Å². The second-order valence-corrected chi connectivity index (χ2v) is 11.2. The molecule has 4 aromatic rings. The molecule has 1 amide bonds. The van der Waals surface area contributed by atoms with Crippen LogP contribution in [-0.4, -0.2) is 30.9 Å². The van der Waals surface area contributed by atoms with Gasteiger partial charge in [0, 0.05) is 21.8 Å². The third-order valence-electron chi connectivity index (χ3n) is 5.97. The van der Waals surface area contributed by atoms with Crippen molar-refractivity contribution in [2.75, 3.05) is 5.32 Å². The number of hydrogen-bond acceptors (Lipinski definition) is 7. The monoisotopic (exact) mass is 540 g/mol. The number of thioether (sulfide) groups is 1. The highest BCUT2D eigenvalue weighted by Crippen LogP contribution is 2.38. The van der Waals surface area contributed by atoms with Crippen LogP contribution in [0.15, 0.2) is 27.8 Å². The minimum atomic E-state index is -0.390. The van der Waals surface area contributed by atoms with Gasteiger partial charge in [0.2, 0.25) is 11.1 Å². The Morgan fingerprint density at radius 3 is 2.97 bits per heavy atom. The second-order valence-electron chi connectivity index (χ2n) is 8.02. The third kappa shape index (κ3) is 4.03. The van der Waals surface area contributed by atoms with Crippen LogP contribution in [0.25, 0.3) is 22.1 Å². The highest BCUT2D eigenvalue weighted by atomic mass is 79.9. The molecule has 1 aliphatic rings. The number of hydrogen-bond donors (Lipinski definition) is 1. The summed E-state index contributed by atoms with van der Waals surface area (Å²) in [6, 6.07) is 8.32. The first kappa shape index (κ1) is 22.3. The molecule has 33 heavy (non-hydrogen) atoms. The van der Waals surface area contributed by atoms with Gasteiger partial charge in [0.05, 0.1) is 16.3 Å². The van der Waals surface area contributed by atoms with Gasteiger partial charge in [-0.1, -0.05) is 34.6 Å². The number of aromatic nitrogens is 4. The van der Waals surface area contributed by atoms with Crippen molar-refractivity contribution in [3.8, 4) is 6.07 Å². The van der Waals surface area contributed by atoms with Crippen molar-refractivity contribution in [1.29, 1.82) is 5.26 Å². The maximum absolute atomic E-state index is 13.1. The largest absolute Gasteiger partial charge is 0.327 e. The molecule has 7 nitrogen and oxygen atoms in total. The Hall–Kier alpha value is -2.48. The zero-order chi connectivity index (χ0) is 23.1. The molecule has 1 atom stereocenters. The molecule has 0 spiro atoms. The predicted molar refractivity (Wildman–Crippen MR) is 136 cm³/mol. The lowest BCUT2D eigenvalue weighted by atomic mass is 9.96. The molecular formula is C23H21BrN6OS2. The number of nitriles is 1. The van der Waals surface area contributed by atoms with Crippen LogP contribution in [0.5, 0.6) is 0 Å². The Labute approximate surface area is 207 Å². The predicted octanol–water partition coefficient (Wildman–Crippen LogP) is 5.60. The maximum atomic E-state index is 13.1. The summed E-state index contributed by atoms with van der Waals surface area (Å²) in [4.78, 5) is 19.1. The fourth-order valence-electron chi connectivity index (χ4n) is 4.28. The van der Waals surface area contributed by atoms with Crippen LogP contribution in [0.1, 0.15) is 42.2 Å². The van der Waals surface area contributed by atoms with E-state index in [-0.39, 0.29) is 5.91 Å². The summed E-state index contributed by atoms with van der Waals surface area (Å²) in [5.74, 6) is -0.137. The summed E-state index contributed by atoms with van der Waals surface area (Å²) in [5, 5.41) is 23.1. The molecule has 0 saturated carbocycles. The van der Waals surface area contributed by atoms with Gasteiger partial charge in [-0.2, -0.15) is 5.26 Å². The van der Waals surface area contributed by atoms with Crippen LogP contribution in [0, 0.1) is 11.3 Å². The lowest BCUT2D eigenvalue weighted by Gasteiger charge is -2.13. The molecule has 1 unspecified atom stereocenters. The summed E-state index contributed by atoms with van der Waals surface area (Å²) in [5.41, 5.74) is 4.23. The quantitative estimate of drug-likeness (QED) is 0.331. The lowest BCUT2D eigenvalue weighted by Crippen LogP contribution is -2.24. The highest BCUT2D eigenvalue weighted by molar-refractivity contribution is 9.10. The van der Waals surface area contributed by atoms with Gasteiger partial charge in [-0.25, -0.2) is 4.98 Å². The Bertz CT molecular complexity index is 1440. The number of nitrogens with zero attached hydrogens (tertiary/aromatic N) is 5. The molecule has 1 N–H and O–H groups in total. The van der Waals surface area contributed by atoms with Crippen molar-refractivity contribution in [3.05, 3.63) is 38.7 Å². The molecule has 1 aromatic carbocycles. The molecule has 5 rings (SSSR count). The number of aryl methyl sites for hydroxylation is 2. The summed E-state index contributed by atoms with van der Waals surface area (Å²) in [7, 11) is 1.95. The van der Waals surface area contributed by atoms with Gasteiger partial charge in [-0.3, -0.25) is 4.79 Å². The summed E-state index contributed by atoms with van der Waals surface area (Å²) >= 11 is 6.36. The topological polar surface area (TPSA) is 96.5 Å². The molecule has 0 bridgehead atoms. The zero-order valence-electron chi connectivity index (χ0n) is 18.2. The number of nitrogens with one attached hydrogen (secondary N) is 1. The Morgan fingerprint density at radius 1 is 1.36 bits per heavy atom. The van der Waals surface area contributed by atoms with Crippen molar-refractivity contribution in [2.24, 2.45) is 7.05 Å². The van der Waals surface area contributed by atoms with Crippen LogP contribution < -0.4 is 5.32 Å². The number of carbonyl (C=O) groups excluding carboxylic acids is 1. The highest BCUT2D eigenvalue weighted by Gasteiger charge is 2.26. The van der Waals surface area contributed by atoms with Gasteiger partial charge in [0.25, 0.3) is 0 Å². The summed E-state index contributed by atoms with van der Waals surface area (Å²) in [6.45, 7) is 1.96. The van der Waals surface area contributed by atoms with E-state index in [1.54, 1.807) is 11.3 Å². The van der Waals surface area contributed by atoms with E-state index in [9.17, 15) is 10.1 Å². The number of halogens is 1. The van der Waals surface area contributed by atoms with E-state index < -0.39 is 5.25 Å². The Morgan fingerprint density at radius 2 is 2.18 bits per heavy atom. The number of anilines is 1. The number of amides is 1. The number of thiophene rings is 1. The first-order chi connectivity index (χ1) is 16.0. The number of fused-ring (bicyclic) bond motifs is 4. The zero-order valence-corrected chi connectivity index (χ0v) is 21.4. The fraction of sp³-hybridized carbons (Fsp3) is 0.348. The molecule has 0 saturated heterocycles. The molecule has 168 valence electrons. The van der Waals surface area contributed by atoms with Crippen LogP contribution in [0.4, 0.5) is 5.00 Å². The molecular weight excluding hydrogens is 520 g/mol. The molecule has 3 aromatic heterocycles. The molecule has 0 fully saturated rings. The summed E-state index contributed by atoms with van der Waals surface area (Å²) in [6.07, 6.45) is 4.73. The average molecular weight is 542 g/mol. The Balaban J connectivity index is 1.40. The van der Waals surface area contributed by atoms with E-state index in [0.717, 1.165) is 57.8 Å². The van der Waals surface area contributed by atoms with Gasteiger partial charge in [-0.15, -0.1) is 21.5 Å². The van der Waals surface area contributed by atoms with Crippen LogP contribution in [0.2, 0.25) is 0 Å². The minimum Gasteiger partial charge on any atom is -0.327 e. The molecule has 0 aliphatic heterocycles. The molecule has 0 radical (unpaired) electrons. The van der Waals surface area contributed by atoms with E-state index in [4.69, 9.17) is 4.98 Å². The van der Waals surface area contributed by atoms with Crippen molar-refractivity contribution in [1.82, 2.24) is 19.7 Å². The van der Waals surface area contributed by atoms with Gasteiger partial charge in [0.15, 0.2) is 5.65 Å². The summed E-state index contributed by atoms with van der Waals surface area (Å²) < 4.78 is 2.96. The first-order valence-corrected chi connectivity index (χ1v) is 13.3. The van der Waals surface area contributed by atoms with Crippen LogP contribution in [-0.2, 0) is 24.7 Å². The maximum Gasteiger partial charge on any atom is 0.238 e. The number of benzene rings is 1. The smallest absolute Gasteiger partial charge is 0.238 e. The van der Waals surface area contributed by atoms with Crippen molar-refractivity contribution >= 4 is 72.0 Å². The van der Waals surface area contributed by atoms with E-state index in [2.05, 4.69) is 37.5 Å². The Kier molecular flexibility index (Phi) is 6.12. The first-order valence-electron chi connectivity index (χ1n) is 10.8. The lowest BCUT2D eigenvalue weighted by molar-refractivity contribution is -0.115. The van der Waals surface area contributed by atoms with E-state index >= 15 is 0 Å².